The predicted octanol–water partition coefficient (Wildman–Crippen LogP) is -0.0382. The second-order valence-electron chi connectivity index (χ2n) is 4.24. The van der Waals surface area contributed by atoms with Gasteiger partial charge in [-0.25, -0.2) is 0 Å². The molecule has 1 amide bonds. The lowest BCUT2D eigenvalue weighted by molar-refractivity contribution is 0.00563. The minimum absolute atomic E-state index is 0.174. The Balaban J connectivity index is 2.00. The Morgan fingerprint density at radius 2 is 2.29 bits per heavy atom. The Labute approximate surface area is 97.0 Å². The second kappa shape index (κ2) is 3.46. The van der Waals surface area contributed by atoms with E-state index in [1.807, 2.05) is 0 Å². The van der Waals surface area contributed by atoms with E-state index >= 15 is 0 Å². The van der Waals surface area contributed by atoms with E-state index in [9.17, 15) is 9.90 Å². The summed E-state index contributed by atoms with van der Waals surface area (Å²) in [6.07, 6.45) is -0.408. The minimum Gasteiger partial charge on any atom is -0.399 e. The van der Waals surface area contributed by atoms with Crippen molar-refractivity contribution in [1.29, 1.82) is 0 Å². The van der Waals surface area contributed by atoms with Gasteiger partial charge in [-0.1, -0.05) is 0 Å². The molecule has 88 valence electrons. The van der Waals surface area contributed by atoms with Gasteiger partial charge in [0.15, 0.2) is 5.69 Å². The lowest BCUT2D eigenvalue weighted by atomic mass is 10.1. The normalized spacial score (nSPS) is 16.2. The van der Waals surface area contributed by atoms with E-state index in [1.165, 1.54) is 0 Å². The second-order valence-corrected chi connectivity index (χ2v) is 4.24. The lowest BCUT2D eigenvalue weighted by Crippen LogP contribution is -2.53. The van der Waals surface area contributed by atoms with Gasteiger partial charge in [0, 0.05) is 24.2 Å². The van der Waals surface area contributed by atoms with Crippen molar-refractivity contribution in [3.8, 4) is 0 Å². The van der Waals surface area contributed by atoms with Gasteiger partial charge in [-0.15, -0.1) is 0 Å². The summed E-state index contributed by atoms with van der Waals surface area (Å²) in [6, 6.07) is 5.27. The molecule has 0 spiro atoms. The largest absolute Gasteiger partial charge is 0.399 e. The number of hydrogen-bond donors (Lipinski definition) is 3. The van der Waals surface area contributed by atoms with Crippen molar-refractivity contribution < 1.29 is 9.90 Å². The van der Waals surface area contributed by atoms with E-state index in [-0.39, 0.29) is 5.91 Å². The number of carbonyl (C=O) groups excluding carboxylic acids is 1. The van der Waals surface area contributed by atoms with E-state index in [0.29, 0.717) is 24.5 Å². The smallest absolute Gasteiger partial charge is 0.275 e. The van der Waals surface area contributed by atoms with Crippen LogP contribution in [0.1, 0.15) is 10.5 Å². The van der Waals surface area contributed by atoms with E-state index in [1.54, 1.807) is 23.1 Å². The Hall–Kier alpha value is -2.08. The number of aliphatic hydroxyl groups excluding tert-OH is 1. The van der Waals surface area contributed by atoms with Gasteiger partial charge in [0.25, 0.3) is 5.91 Å². The molecular formula is C11H12N4O2. The van der Waals surface area contributed by atoms with Gasteiger partial charge in [0.1, 0.15) is 0 Å². The van der Waals surface area contributed by atoms with Gasteiger partial charge in [0.05, 0.1) is 11.6 Å². The molecule has 4 N–H and O–H groups in total. The zero-order chi connectivity index (χ0) is 12.0. The Kier molecular flexibility index (Phi) is 2.05. The number of hydrogen-bond acceptors (Lipinski definition) is 4. The van der Waals surface area contributed by atoms with Crippen LogP contribution in [0.5, 0.6) is 0 Å². The van der Waals surface area contributed by atoms with Gasteiger partial charge < -0.3 is 15.7 Å². The van der Waals surface area contributed by atoms with Crippen LogP contribution in [0.3, 0.4) is 0 Å². The third kappa shape index (κ3) is 1.53. The fourth-order valence-electron chi connectivity index (χ4n) is 1.97. The van der Waals surface area contributed by atoms with Gasteiger partial charge in [-0.3, -0.25) is 9.89 Å². The summed E-state index contributed by atoms with van der Waals surface area (Å²) >= 11 is 0. The molecule has 0 radical (unpaired) electrons. The van der Waals surface area contributed by atoms with Crippen LogP contribution in [0.2, 0.25) is 0 Å². The number of nitrogens with one attached hydrogen (secondary N) is 1. The summed E-state index contributed by atoms with van der Waals surface area (Å²) in [5, 5.41) is 16.7. The van der Waals surface area contributed by atoms with Crippen molar-refractivity contribution in [2.24, 2.45) is 0 Å². The third-order valence-corrected chi connectivity index (χ3v) is 2.94. The van der Waals surface area contributed by atoms with Crippen molar-refractivity contribution in [1.82, 2.24) is 15.1 Å². The Morgan fingerprint density at radius 1 is 1.53 bits per heavy atom. The van der Waals surface area contributed by atoms with Gasteiger partial charge in [-0.2, -0.15) is 5.10 Å². The van der Waals surface area contributed by atoms with E-state index in [4.69, 9.17) is 5.73 Å². The number of β-amino-alcohol motifs (C(OH)–C–C–N with tert-alkyl or cyclic N) is 1. The molecule has 1 saturated heterocycles. The number of likely N-dealkylation sites (tertiary alicyclic amines) is 1. The monoisotopic (exact) mass is 232 g/mol. The standard InChI is InChI=1S/C11H12N4O2/c12-6-1-2-9-8(3-6)10(14-13-9)11(17)15-4-7(16)5-15/h1-3,7,16H,4-5,12H2,(H,13,14). The average molecular weight is 232 g/mol. The number of amides is 1. The molecule has 6 nitrogen and oxygen atoms in total. The summed E-state index contributed by atoms with van der Waals surface area (Å²) in [6.45, 7) is 0.741. The number of anilines is 1. The number of nitrogens with zero attached hydrogens (tertiary/aromatic N) is 2. The number of H-pyrrole nitrogens is 1. The van der Waals surface area contributed by atoms with Crippen LogP contribution in [0, 0.1) is 0 Å². The van der Waals surface area contributed by atoms with Gasteiger partial charge in [-0.05, 0) is 18.2 Å². The van der Waals surface area contributed by atoms with Crippen LogP contribution in [0.4, 0.5) is 5.69 Å². The first-order valence-corrected chi connectivity index (χ1v) is 5.36. The van der Waals surface area contributed by atoms with E-state index in [0.717, 1.165) is 10.9 Å². The lowest BCUT2D eigenvalue weighted by Gasteiger charge is -2.35. The molecule has 1 fully saturated rings. The van der Waals surface area contributed by atoms with Crippen molar-refractivity contribution in [2.45, 2.75) is 6.10 Å². The number of fused-ring (bicyclic) bond motifs is 1. The molecular weight excluding hydrogens is 220 g/mol. The molecule has 1 aromatic carbocycles. The number of aromatic nitrogens is 2. The highest BCUT2D eigenvalue weighted by atomic mass is 16.3. The number of nitrogen functional groups attached to an aromatic ring is 1. The number of aliphatic hydroxyl groups is 1. The molecule has 17 heavy (non-hydrogen) atoms. The van der Waals surface area contributed by atoms with Crippen molar-refractivity contribution in [2.75, 3.05) is 18.8 Å². The maximum Gasteiger partial charge on any atom is 0.275 e. The molecule has 0 aliphatic carbocycles. The number of rotatable bonds is 1. The van der Waals surface area contributed by atoms with E-state index in [2.05, 4.69) is 10.2 Å². The summed E-state index contributed by atoms with van der Waals surface area (Å²) in [4.78, 5) is 13.6. The zero-order valence-corrected chi connectivity index (χ0v) is 9.05. The number of carbonyl (C=O) groups is 1. The molecule has 1 aliphatic heterocycles. The van der Waals surface area contributed by atoms with Gasteiger partial charge in [0.2, 0.25) is 0 Å². The molecule has 0 bridgehead atoms. The highest BCUT2D eigenvalue weighted by Gasteiger charge is 2.31. The number of nitrogens with two attached hydrogens (primary N) is 1. The maximum atomic E-state index is 12.1. The Morgan fingerprint density at radius 3 is 3.00 bits per heavy atom. The van der Waals surface area contributed by atoms with Crippen molar-refractivity contribution in [3.63, 3.8) is 0 Å². The first-order valence-electron chi connectivity index (χ1n) is 5.36. The highest BCUT2D eigenvalue weighted by molar-refractivity contribution is 6.05. The van der Waals surface area contributed by atoms with Crippen LogP contribution >= 0.6 is 0 Å². The first-order chi connectivity index (χ1) is 8.15. The molecule has 2 aromatic rings. The minimum atomic E-state index is -0.408. The molecule has 1 aliphatic rings. The van der Waals surface area contributed by atoms with Crippen LogP contribution in [0.25, 0.3) is 10.9 Å². The Bertz CT molecular complexity index is 586. The van der Waals surface area contributed by atoms with Crippen molar-refractivity contribution >= 4 is 22.5 Å². The molecule has 6 heteroatoms. The average Bonchev–Trinajstić information content (AvgIpc) is 2.66. The van der Waals surface area contributed by atoms with Crippen LogP contribution in [0.15, 0.2) is 18.2 Å². The van der Waals surface area contributed by atoms with Gasteiger partial charge >= 0.3 is 0 Å². The number of aromatic amines is 1. The molecule has 1 aromatic heterocycles. The van der Waals surface area contributed by atoms with Crippen molar-refractivity contribution in [3.05, 3.63) is 23.9 Å². The summed E-state index contributed by atoms with van der Waals surface area (Å²) in [5.41, 5.74) is 7.43. The molecule has 0 saturated carbocycles. The molecule has 0 unspecified atom stereocenters. The topological polar surface area (TPSA) is 95.2 Å². The van der Waals surface area contributed by atoms with E-state index < -0.39 is 6.10 Å². The fourth-order valence-corrected chi connectivity index (χ4v) is 1.97. The SMILES string of the molecule is Nc1ccc2[nH]nc(C(=O)N3CC(O)C3)c2c1. The summed E-state index contributed by atoms with van der Waals surface area (Å²) in [5.74, 6) is -0.174. The van der Waals surface area contributed by atoms with Crippen LogP contribution in [-0.4, -0.2) is 45.3 Å². The molecule has 0 atom stereocenters. The zero-order valence-electron chi connectivity index (χ0n) is 9.05. The summed E-state index contributed by atoms with van der Waals surface area (Å²) in [7, 11) is 0. The predicted molar refractivity (Wildman–Crippen MR) is 62.4 cm³/mol. The first kappa shape index (κ1) is 10.1. The molecule has 3 rings (SSSR count). The maximum absolute atomic E-state index is 12.1. The van der Waals surface area contributed by atoms with Crippen LogP contribution < -0.4 is 5.73 Å². The highest BCUT2D eigenvalue weighted by Crippen LogP contribution is 2.21. The summed E-state index contributed by atoms with van der Waals surface area (Å²) < 4.78 is 0. The number of benzene rings is 1. The van der Waals surface area contributed by atoms with Crippen LogP contribution in [-0.2, 0) is 0 Å². The quantitative estimate of drug-likeness (QED) is 0.601. The third-order valence-electron chi connectivity index (χ3n) is 2.94. The fraction of sp³-hybridized carbons (Fsp3) is 0.273. The molecule has 2 heterocycles.